The highest BCUT2D eigenvalue weighted by atomic mass is 32.1. The fourth-order valence-corrected chi connectivity index (χ4v) is 6.57. The molecule has 1 amide bonds. The van der Waals surface area contributed by atoms with Gasteiger partial charge in [-0.25, -0.2) is 4.79 Å². The molecular formula is C28H32F3N3O5S. The van der Waals surface area contributed by atoms with Crippen LogP contribution in [0, 0.1) is 12.8 Å². The minimum Gasteiger partial charge on any atom is -0.481 e. The van der Waals surface area contributed by atoms with E-state index in [-0.39, 0.29) is 39.9 Å². The molecule has 8 nitrogen and oxygen atoms in total. The molecule has 2 aromatic heterocycles. The van der Waals surface area contributed by atoms with Crippen molar-refractivity contribution in [2.45, 2.75) is 71.1 Å². The molecule has 0 radical (unpaired) electrons. The molecule has 12 heteroatoms. The molecule has 1 aliphatic rings. The van der Waals surface area contributed by atoms with Crippen LogP contribution < -0.4 is 11.2 Å². The summed E-state index contributed by atoms with van der Waals surface area (Å²) in [5.41, 5.74) is -0.995. The lowest BCUT2D eigenvalue weighted by atomic mass is 9.84. The number of aryl methyl sites for hydroxylation is 2. The number of hydrogen-bond acceptors (Lipinski definition) is 5. The van der Waals surface area contributed by atoms with Crippen molar-refractivity contribution in [3.8, 4) is 0 Å². The first-order valence-electron chi connectivity index (χ1n) is 13.1. The van der Waals surface area contributed by atoms with E-state index in [0.717, 1.165) is 26.0 Å². The van der Waals surface area contributed by atoms with E-state index in [0.29, 0.717) is 31.5 Å². The number of aromatic nitrogens is 2. The summed E-state index contributed by atoms with van der Waals surface area (Å²) in [6.45, 7) is 5.20. The number of thiophene rings is 1. The Balaban J connectivity index is 1.78. The molecule has 1 aliphatic heterocycles. The standard InChI is InChI=1S/C28H32F3N3O5S/c1-17-21-23(37)34(16-27(2,3)19-7-5-4-6-8-19)26(39)33(14-11-28(29,30)31)25(21)40-22(17)24(38)32-12-9-18(10-13-32)15-20(35)36/h4-8,18H,9-16H2,1-3H3,(H,35,36). The van der Waals surface area contributed by atoms with Gasteiger partial charge in [0.25, 0.3) is 11.5 Å². The van der Waals surface area contributed by atoms with Gasteiger partial charge in [0, 0.05) is 38.0 Å². The molecule has 216 valence electrons. The monoisotopic (exact) mass is 579 g/mol. The topological polar surface area (TPSA) is 102 Å². The molecule has 1 aromatic carbocycles. The summed E-state index contributed by atoms with van der Waals surface area (Å²) in [7, 11) is 0. The van der Waals surface area contributed by atoms with Gasteiger partial charge in [0.15, 0.2) is 0 Å². The van der Waals surface area contributed by atoms with Crippen molar-refractivity contribution in [2.75, 3.05) is 13.1 Å². The summed E-state index contributed by atoms with van der Waals surface area (Å²) in [4.78, 5) is 53.7. The summed E-state index contributed by atoms with van der Waals surface area (Å²) in [6, 6.07) is 9.21. The van der Waals surface area contributed by atoms with Crippen LogP contribution in [-0.4, -0.2) is 50.3 Å². The SMILES string of the molecule is Cc1c(C(=O)N2CCC(CC(=O)O)CC2)sc2c1c(=O)n(CC(C)(C)c1ccccc1)c(=O)n2CCC(F)(F)F. The Morgan fingerprint density at radius 3 is 2.25 bits per heavy atom. The number of amides is 1. The number of rotatable bonds is 8. The first kappa shape index (κ1) is 29.6. The largest absolute Gasteiger partial charge is 0.481 e. The Bertz CT molecular complexity index is 1530. The number of likely N-dealkylation sites (tertiary alicyclic amines) is 1. The molecule has 3 aromatic rings. The van der Waals surface area contributed by atoms with E-state index in [2.05, 4.69) is 0 Å². The zero-order valence-corrected chi connectivity index (χ0v) is 23.4. The summed E-state index contributed by atoms with van der Waals surface area (Å²) < 4.78 is 41.7. The number of nitrogens with zero attached hydrogens (tertiary/aromatic N) is 3. The third-order valence-electron chi connectivity index (χ3n) is 7.58. The number of carbonyl (C=O) groups is 2. The first-order valence-corrected chi connectivity index (χ1v) is 13.9. The van der Waals surface area contributed by atoms with Crippen LogP contribution in [0.25, 0.3) is 10.2 Å². The van der Waals surface area contributed by atoms with Crippen LogP contribution in [0.3, 0.4) is 0 Å². The summed E-state index contributed by atoms with van der Waals surface area (Å²) in [5, 5.41) is 9.12. The lowest BCUT2D eigenvalue weighted by Crippen LogP contribution is -2.44. The second-order valence-corrected chi connectivity index (χ2v) is 12.0. The predicted octanol–water partition coefficient (Wildman–Crippen LogP) is 4.79. The van der Waals surface area contributed by atoms with Crippen molar-refractivity contribution in [3.63, 3.8) is 0 Å². The van der Waals surface area contributed by atoms with E-state index < -0.39 is 41.8 Å². The van der Waals surface area contributed by atoms with Crippen molar-refractivity contribution in [3.05, 3.63) is 67.2 Å². The summed E-state index contributed by atoms with van der Waals surface area (Å²) in [6.07, 6.45) is -4.74. The van der Waals surface area contributed by atoms with Crippen LogP contribution in [0.5, 0.6) is 0 Å². The van der Waals surface area contributed by atoms with Gasteiger partial charge in [0.1, 0.15) is 4.83 Å². The van der Waals surface area contributed by atoms with Crippen LogP contribution >= 0.6 is 11.3 Å². The van der Waals surface area contributed by atoms with E-state index in [4.69, 9.17) is 5.11 Å². The fourth-order valence-electron chi connectivity index (χ4n) is 5.28. The minimum absolute atomic E-state index is 0.0221. The van der Waals surface area contributed by atoms with E-state index in [9.17, 15) is 32.3 Å². The zero-order chi connectivity index (χ0) is 29.4. The Morgan fingerprint density at radius 2 is 1.68 bits per heavy atom. The van der Waals surface area contributed by atoms with Crippen molar-refractivity contribution < 1.29 is 27.9 Å². The number of halogens is 3. The third-order valence-corrected chi connectivity index (χ3v) is 8.88. The second kappa shape index (κ2) is 11.2. The van der Waals surface area contributed by atoms with Crippen molar-refractivity contribution >= 4 is 33.4 Å². The summed E-state index contributed by atoms with van der Waals surface area (Å²) >= 11 is 0.863. The molecule has 40 heavy (non-hydrogen) atoms. The Hall–Kier alpha value is -3.41. The van der Waals surface area contributed by atoms with Gasteiger partial charge < -0.3 is 10.0 Å². The molecular weight excluding hydrogens is 547 g/mol. The summed E-state index contributed by atoms with van der Waals surface area (Å²) in [5.74, 6) is -1.32. The second-order valence-electron chi connectivity index (χ2n) is 11.0. The van der Waals surface area contributed by atoms with Crippen LogP contribution in [0.15, 0.2) is 39.9 Å². The fraction of sp³-hybridized carbons (Fsp3) is 0.500. The van der Waals surface area contributed by atoms with Gasteiger partial charge >= 0.3 is 17.8 Å². The van der Waals surface area contributed by atoms with Crippen LogP contribution in [-0.2, 0) is 23.3 Å². The number of benzene rings is 1. The maximum atomic E-state index is 13.7. The Labute approximate surface area is 232 Å². The van der Waals surface area contributed by atoms with Gasteiger partial charge in [-0.15, -0.1) is 11.3 Å². The number of fused-ring (bicyclic) bond motifs is 1. The maximum absolute atomic E-state index is 13.7. The Morgan fingerprint density at radius 1 is 1.05 bits per heavy atom. The molecule has 1 N–H and O–H groups in total. The molecule has 0 saturated carbocycles. The maximum Gasteiger partial charge on any atom is 0.390 e. The van der Waals surface area contributed by atoms with E-state index >= 15 is 0 Å². The molecule has 0 spiro atoms. The number of aliphatic carboxylic acids is 1. The van der Waals surface area contributed by atoms with E-state index in [1.807, 2.05) is 44.2 Å². The zero-order valence-electron chi connectivity index (χ0n) is 22.6. The molecule has 0 unspecified atom stereocenters. The predicted molar refractivity (Wildman–Crippen MR) is 146 cm³/mol. The molecule has 3 heterocycles. The number of piperidine rings is 1. The lowest BCUT2D eigenvalue weighted by Gasteiger charge is -2.31. The van der Waals surface area contributed by atoms with Crippen LogP contribution in [0.2, 0.25) is 0 Å². The van der Waals surface area contributed by atoms with Gasteiger partial charge in [-0.3, -0.25) is 23.5 Å². The highest BCUT2D eigenvalue weighted by Crippen LogP contribution is 2.32. The number of alkyl halides is 3. The van der Waals surface area contributed by atoms with Crippen molar-refractivity contribution in [1.29, 1.82) is 0 Å². The highest BCUT2D eigenvalue weighted by Gasteiger charge is 2.32. The van der Waals surface area contributed by atoms with Crippen LogP contribution in [0.4, 0.5) is 13.2 Å². The lowest BCUT2D eigenvalue weighted by molar-refractivity contribution is -0.138. The van der Waals surface area contributed by atoms with Crippen molar-refractivity contribution in [2.24, 2.45) is 5.92 Å². The number of carboxylic acid groups (broad SMARTS) is 1. The van der Waals surface area contributed by atoms with Gasteiger partial charge in [-0.05, 0) is 36.8 Å². The van der Waals surface area contributed by atoms with Gasteiger partial charge in [0.05, 0.1) is 16.7 Å². The molecule has 1 saturated heterocycles. The third kappa shape index (κ3) is 6.16. The van der Waals surface area contributed by atoms with Crippen LogP contribution in [0.1, 0.15) is 60.3 Å². The van der Waals surface area contributed by atoms with Gasteiger partial charge in [0.2, 0.25) is 0 Å². The molecule has 1 fully saturated rings. The molecule has 0 bridgehead atoms. The smallest absolute Gasteiger partial charge is 0.390 e. The number of hydrogen-bond donors (Lipinski definition) is 1. The quantitative estimate of drug-likeness (QED) is 0.414. The first-order chi connectivity index (χ1) is 18.7. The van der Waals surface area contributed by atoms with Gasteiger partial charge in [-0.1, -0.05) is 44.2 Å². The normalized spacial score (nSPS) is 15.1. The Kier molecular flexibility index (Phi) is 8.30. The molecule has 0 atom stereocenters. The average Bonchev–Trinajstić information content (AvgIpc) is 3.23. The average molecular weight is 580 g/mol. The van der Waals surface area contributed by atoms with E-state index in [1.165, 1.54) is 0 Å². The number of carboxylic acids is 1. The molecule has 4 rings (SSSR count). The van der Waals surface area contributed by atoms with Gasteiger partial charge in [-0.2, -0.15) is 13.2 Å². The highest BCUT2D eigenvalue weighted by molar-refractivity contribution is 7.20. The van der Waals surface area contributed by atoms with E-state index in [1.54, 1.807) is 11.8 Å². The minimum atomic E-state index is -4.53. The van der Waals surface area contributed by atoms with Crippen molar-refractivity contribution in [1.82, 2.24) is 14.0 Å². The number of carbonyl (C=O) groups excluding carboxylic acids is 1. The molecule has 0 aliphatic carbocycles.